The van der Waals surface area contributed by atoms with E-state index in [9.17, 15) is 9.59 Å². The fraction of sp³-hybridized carbons (Fsp3) is 0.407. The molecule has 34 heavy (non-hydrogen) atoms. The summed E-state index contributed by atoms with van der Waals surface area (Å²) in [7, 11) is 0. The number of hydrogen-bond donors (Lipinski definition) is 0. The molecule has 2 aromatic carbocycles. The minimum Gasteiger partial charge on any atom is -0.352 e. The number of carbonyl (C=O) groups excluding carboxylic acids is 2. The fourth-order valence-electron chi connectivity index (χ4n) is 5.16. The Kier molecular flexibility index (Phi) is 6.18. The highest BCUT2D eigenvalue weighted by Gasteiger charge is 2.39. The molecule has 0 radical (unpaired) electrons. The summed E-state index contributed by atoms with van der Waals surface area (Å²) in [5, 5.41) is 0. The van der Waals surface area contributed by atoms with Crippen molar-refractivity contribution in [2.24, 2.45) is 5.92 Å². The van der Waals surface area contributed by atoms with E-state index < -0.39 is 0 Å². The van der Waals surface area contributed by atoms with Crippen LogP contribution in [-0.2, 0) is 22.4 Å². The van der Waals surface area contributed by atoms with Crippen molar-refractivity contribution in [1.29, 1.82) is 0 Å². The quantitative estimate of drug-likeness (QED) is 0.587. The maximum atomic E-state index is 13.4. The first-order chi connectivity index (χ1) is 16.6. The van der Waals surface area contributed by atoms with Gasteiger partial charge in [0.1, 0.15) is 5.82 Å². The Labute approximate surface area is 200 Å². The van der Waals surface area contributed by atoms with Gasteiger partial charge in [0, 0.05) is 44.8 Å². The summed E-state index contributed by atoms with van der Waals surface area (Å²) in [5.41, 5.74) is 5.12. The molecule has 2 fully saturated rings. The summed E-state index contributed by atoms with van der Waals surface area (Å²) in [4.78, 5) is 41.6. The third kappa shape index (κ3) is 4.11. The second kappa shape index (κ2) is 9.41. The van der Waals surface area contributed by atoms with Gasteiger partial charge in [-0.25, -0.2) is 4.98 Å². The minimum absolute atomic E-state index is 0.0547. The van der Waals surface area contributed by atoms with Gasteiger partial charge in [-0.3, -0.25) is 14.6 Å². The number of para-hydroxylation sites is 3. The molecule has 3 heterocycles. The first-order valence-electron chi connectivity index (χ1n) is 12.3. The van der Waals surface area contributed by atoms with Crippen LogP contribution in [-0.4, -0.2) is 59.4 Å². The first kappa shape index (κ1) is 22.3. The number of anilines is 2. The zero-order chi connectivity index (χ0) is 23.7. The van der Waals surface area contributed by atoms with Crippen LogP contribution in [0.15, 0.2) is 48.7 Å². The van der Waals surface area contributed by atoms with Gasteiger partial charge in [-0.1, -0.05) is 44.2 Å². The number of carbonyl (C=O) groups is 2. The predicted octanol–water partition coefficient (Wildman–Crippen LogP) is 3.46. The summed E-state index contributed by atoms with van der Waals surface area (Å²) < 4.78 is 0. The maximum absolute atomic E-state index is 13.4. The first-order valence-corrected chi connectivity index (χ1v) is 12.3. The third-order valence-electron chi connectivity index (χ3n) is 7.06. The smallest absolute Gasteiger partial charge is 0.228 e. The van der Waals surface area contributed by atoms with Gasteiger partial charge < -0.3 is 14.7 Å². The highest BCUT2D eigenvalue weighted by molar-refractivity contribution is 6.01. The largest absolute Gasteiger partial charge is 0.352 e. The van der Waals surface area contributed by atoms with Crippen LogP contribution in [0, 0.1) is 5.92 Å². The van der Waals surface area contributed by atoms with E-state index in [1.165, 1.54) is 11.1 Å². The summed E-state index contributed by atoms with van der Waals surface area (Å²) >= 11 is 0. The molecule has 0 aliphatic carbocycles. The van der Waals surface area contributed by atoms with E-state index >= 15 is 0 Å². The van der Waals surface area contributed by atoms with Crippen LogP contribution in [0.1, 0.15) is 31.4 Å². The second-order valence-corrected chi connectivity index (χ2v) is 9.07. The van der Waals surface area contributed by atoms with E-state index in [1.807, 2.05) is 40.3 Å². The van der Waals surface area contributed by atoms with Crippen LogP contribution in [0.5, 0.6) is 0 Å². The number of fused-ring (bicyclic) bond motifs is 1. The molecule has 2 aliphatic heterocycles. The summed E-state index contributed by atoms with van der Waals surface area (Å²) in [6.07, 6.45) is 3.83. The van der Waals surface area contributed by atoms with Gasteiger partial charge >= 0.3 is 0 Å². The summed E-state index contributed by atoms with van der Waals surface area (Å²) in [6, 6.07) is 14.1. The summed E-state index contributed by atoms with van der Waals surface area (Å²) in [6.45, 7) is 7.37. The molecule has 1 atom stereocenters. The van der Waals surface area contributed by atoms with Crippen LogP contribution < -0.4 is 9.80 Å². The highest BCUT2D eigenvalue weighted by atomic mass is 16.2. The number of amides is 2. The molecule has 0 bridgehead atoms. The van der Waals surface area contributed by atoms with Crippen LogP contribution in [0.2, 0.25) is 0 Å². The van der Waals surface area contributed by atoms with Crippen LogP contribution >= 0.6 is 0 Å². The molecule has 0 saturated carbocycles. The molecular weight excluding hydrogens is 426 g/mol. The molecule has 2 amide bonds. The lowest BCUT2D eigenvalue weighted by Crippen LogP contribution is -2.51. The van der Waals surface area contributed by atoms with Crippen molar-refractivity contribution in [3.05, 3.63) is 59.8 Å². The Morgan fingerprint density at radius 1 is 0.941 bits per heavy atom. The number of piperazine rings is 1. The highest BCUT2D eigenvalue weighted by Crippen LogP contribution is 2.33. The molecule has 1 unspecified atom stereocenters. The number of aromatic nitrogens is 2. The molecule has 176 valence electrons. The number of rotatable bonds is 5. The molecule has 7 nitrogen and oxygen atoms in total. The van der Waals surface area contributed by atoms with Crippen molar-refractivity contribution < 1.29 is 9.59 Å². The van der Waals surface area contributed by atoms with Crippen LogP contribution in [0.25, 0.3) is 11.0 Å². The number of nitrogens with zero attached hydrogens (tertiary/aromatic N) is 5. The zero-order valence-corrected chi connectivity index (χ0v) is 19.9. The standard InChI is InChI=1S/C27H31N5O2/c1-3-19-8-7-9-20(4-2)26(19)32-18-21(16-25(32)33)27(34)31-14-12-30(13-15-31)24-17-28-22-10-5-6-11-23(22)29-24/h5-11,17,21H,3-4,12-16,18H2,1-2H3. The van der Waals surface area contributed by atoms with Crippen LogP contribution in [0.4, 0.5) is 11.5 Å². The molecule has 5 rings (SSSR count). The van der Waals surface area contributed by atoms with Gasteiger partial charge in [0.25, 0.3) is 0 Å². The molecule has 2 aliphatic rings. The van der Waals surface area contributed by atoms with E-state index in [0.717, 1.165) is 35.4 Å². The average molecular weight is 458 g/mol. The van der Waals surface area contributed by atoms with Crippen molar-refractivity contribution in [3.63, 3.8) is 0 Å². The zero-order valence-electron chi connectivity index (χ0n) is 19.9. The number of aryl methyl sites for hydroxylation is 2. The number of benzene rings is 2. The van der Waals surface area contributed by atoms with E-state index in [0.29, 0.717) is 32.7 Å². The van der Waals surface area contributed by atoms with Crippen molar-refractivity contribution in [2.45, 2.75) is 33.1 Å². The van der Waals surface area contributed by atoms with Gasteiger partial charge in [0.2, 0.25) is 11.8 Å². The van der Waals surface area contributed by atoms with Crippen LogP contribution in [0.3, 0.4) is 0 Å². The Morgan fingerprint density at radius 3 is 2.29 bits per heavy atom. The van der Waals surface area contributed by atoms with Gasteiger partial charge in [-0.2, -0.15) is 0 Å². The Morgan fingerprint density at radius 2 is 1.62 bits per heavy atom. The van der Waals surface area contributed by atoms with E-state index in [-0.39, 0.29) is 24.2 Å². The molecule has 7 heteroatoms. The maximum Gasteiger partial charge on any atom is 0.228 e. The van der Waals surface area contributed by atoms with Crippen molar-refractivity contribution in [3.8, 4) is 0 Å². The normalized spacial score (nSPS) is 18.7. The van der Waals surface area contributed by atoms with Gasteiger partial charge in [0.05, 0.1) is 23.1 Å². The molecule has 2 saturated heterocycles. The van der Waals surface area contributed by atoms with Gasteiger partial charge in [0.15, 0.2) is 0 Å². The van der Waals surface area contributed by atoms with E-state index in [2.05, 4.69) is 41.9 Å². The Hall–Kier alpha value is -3.48. The molecular formula is C27H31N5O2. The van der Waals surface area contributed by atoms with Crippen molar-refractivity contribution >= 4 is 34.4 Å². The van der Waals surface area contributed by atoms with Gasteiger partial charge in [-0.15, -0.1) is 0 Å². The molecule has 0 spiro atoms. The lowest BCUT2D eigenvalue weighted by atomic mass is 10.0. The van der Waals surface area contributed by atoms with E-state index in [4.69, 9.17) is 4.98 Å². The third-order valence-corrected chi connectivity index (χ3v) is 7.06. The monoisotopic (exact) mass is 457 g/mol. The number of hydrogen-bond acceptors (Lipinski definition) is 5. The SMILES string of the molecule is CCc1cccc(CC)c1N1CC(C(=O)N2CCN(c3cnc4ccccc4n3)CC2)CC1=O. The van der Waals surface area contributed by atoms with Gasteiger partial charge in [-0.05, 0) is 36.1 Å². The van der Waals surface area contributed by atoms with E-state index in [1.54, 1.807) is 0 Å². The van der Waals surface area contributed by atoms with Crippen molar-refractivity contribution in [1.82, 2.24) is 14.9 Å². The summed E-state index contributed by atoms with van der Waals surface area (Å²) in [5.74, 6) is 0.705. The Balaban J connectivity index is 1.25. The molecule has 1 aromatic heterocycles. The second-order valence-electron chi connectivity index (χ2n) is 9.07. The lowest BCUT2D eigenvalue weighted by Gasteiger charge is -2.36. The predicted molar refractivity (Wildman–Crippen MR) is 134 cm³/mol. The lowest BCUT2D eigenvalue weighted by molar-refractivity contribution is -0.136. The topological polar surface area (TPSA) is 69.6 Å². The van der Waals surface area contributed by atoms with Crippen molar-refractivity contribution in [2.75, 3.05) is 42.5 Å². The molecule has 3 aromatic rings. The average Bonchev–Trinajstić information content (AvgIpc) is 3.28. The Bertz CT molecular complexity index is 1200. The minimum atomic E-state index is -0.283. The molecule has 0 N–H and O–H groups in total. The fourth-order valence-corrected chi connectivity index (χ4v) is 5.16.